The smallest absolute Gasteiger partial charge is 0.269 e. The number of aromatic nitrogens is 1. The molecule has 1 aromatic heterocycles. The number of amides is 1. The number of hydrogen-bond acceptors (Lipinski definition) is 6. The van der Waals surface area contributed by atoms with Crippen molar-refractivity contribution in [3.05, 3.63) is 56.0 Å². The molecule has 1 saturated heterocycles. The zero-order valence-electron chi connectivity index (χ0n) is 13.3. The number of carbonyl (C=O) groups is 1. The van der Waals surface area contributed by atoms with Crippen LogP contribution in [0.25, 0.3) is 0 Å². The molecule has 1 fully saturated rings. The standard InChI is InChI=1S/C16H18N4O3S/c1-12-11-24-15(17-12)10-18-6-8-19(9-7-18)16(21)13-2-4-14(5-3-13)20(22)23/h2-5,11H,6-10H2,1H3. The number of thiazole rings is 1. The van der Waals surface area contributed by atoms with E-state index in [0.29, 0.717) is 18.7 Å². The lowest BCUT2D eigenvalue weighted by Crippen LogP contribution is -2.48. The third-order valence-electron chi connectivity index (χ3n) is 4.01. The predicted octanol–water partition coefficient (Wildman–Crippen LogP) is 2.32. The summed E-state index contributed by atoms with van der Waals surface area (Å²) in [7, 11) is 0. The van der Waals surface area contributed by atoms with Crippen molar-refractivity contribution in [3.63, 3.8) is 0 Å². The van der Waals surface area contributed by atoms with E-state index in [-0.39, 0.29) is 11.6 Å². The summed E-state index contributed by atoms with van der Waals surface area (Å²) < 4.78 is 0. The first kappa shape index (κ1) is 16.5. The minimum Gasteiger partial charge on any atom is -0.336 e. The van der Waals surface area contributed by atoms with E-state index in [1.54, 1.807) is 16.2 Å². The largest absolute Gasteiger partial charge is 0.336 e. The van der Waals surface area contributed by atoms with Gasteiger partial charge in [0.25, 0.3) is 11.6 Å². The van der Waals surface area contributed by atoms with Gasteiger partial charge in [-0.05, 0) is 19.1 Å². The lowest BCUT2D eigenvalue weighted by Gasteiger charge is -2.34. The van der Waals surface area contributed by atoms with Crippen LogP contribution >= 0.6 is 11.3 Å². The SMILES string of the molecule is Cc1csc(CN2CCN(C(=O)c3ccc([N+](=O)[O-])cc3)CC2)n1. The Morgan fingerprint density at radius 1 is 1.25 bits per heavy atom. The van der Waals surface area contributed by atoms with Crippen molar-refractivity contribution >= 4 is 22.9 Å². The Bertz CT molecular complexity index is 736. The van der Waals surface area contributed by atoms with Crippen LogP contribution in [0.15, 0.2) is 29.6 Å². The van der Waals surface area contributed by atoms with Gasteiger partial charge in [-0.1, -0.05) is 0 Å². The number of benzene rings is 1. The first-order valence-electron chi connectivity index (χ1n) is 7.70. The highest BCUT2D eigenvalue weighted by Gasteiger charge is 2.23. The van der Waals surface area contributed by atoms with E-state index in [0.717, 1.165) is 30.3 Å². The van der Waals surface area contributed by atoms with E-state index < -0.39 is 4.92 Å². The third kappa shape index (κ3) is 3.77. The van der Waals surface area contributed by atoms with E-state index in [4.69, 9.17) is 0 Å². The monoisotopic (exact) mass is 346 g/mol. The van der Waals surface area contributed by atoms with Gasteiger partial charge in [-0.2, -0.15) is 0 Å². The van der Waals surface area contributed by atoms with Crippen LogP contribution in [0.1, 0.15) is 21.1 Å². The van der Waals surface area contributed by atoms with Crippen molar-refractivity contribution in [2.45, 2.75) is 13.5 Å². The van der Waals surface area contributed by atoms with E-state index >= 15 is 0 Å². The average Bonchev–Trinajstić information content (AvgIpc) is 3.00. The second-order valence-electron chi connectivity index (χ2n) is 5.75. The topological polar surface area (TPSA) is 79.6 Å². The second-order valence-corrected chi connectivity index (χ2v) is 6.70. The van der Waals surface area contributed by atoms with Crippen LogP contribution in [0.2, 0.25) is 0 Å². The van der Waals surface area contributed by atoms with Crippen molar-refractivity contribution in [2.24, 2.45) is 0 Å². The molecule has 0 atom stereocenters. The molecule has 1 amide bonds. The molecular weight excluding hydrogens is 328 g/mol. The number of nitro groups is 1. The van der Waals surface area contributed by atoms with Crippen LogP contribution in [0, 0.1) is 17.0 Å². The lowest BCUT2D eigenvalue weighted by molar-refractivity contribution is -0.384. The van der Waals surface area contributed by atoms with Crippen molar-refractivity contribution in [1.82, 2.24) is 14.8 Å². The number of hydrogen-bond donors (Lipinski definition) is 0. The van der Waals surface area contributed by atoms with Gasteiger partial charge < -0.3 is 4.90 Å². The molecule has 0 radical (unpaired) electrons. The summed E-state index contributed by atoms with van der Waals surface area (Å²) in [5.41, 5.74) is 1.53. The van der Waals surface area contributed by atoms with Gasteiger partial charge in [-0.3, -0.25) is 19.8 Å². The number of nitro benzene ring substituents is 1. The number of piperazine rings is 1. The zero-order valence-corrected chi connectivity index (χ0v) is 14.2. The van der Waals surface area contributed by atoms with Crippen molar-refractivity contribution in [1.29, 1.82) is 0 Å². The molecule has 0 aliphatic carbocycles. The summed E-state index contributed by atoms with van der Waals surface area (Å²) in [5.74, 6) is -0.0744. The number of aryl methyl sites for hydroxylation is 1. The minimum atomic E-state index is -0.465. The Labute approximate surface area is 143 Å². The highest BCUT2D eigenvalue weighted by molar-refractivity contribution is 7.09. The summed E-state index contributed by atoms with van der Waals surface area (Å²) in [5, 5.41) is 13.8. The van der Waals surface area contributed by atoms with Crippen LogP contribution in [0.4, 0.5) is 5.69 Å². The van der Waals surface area contributed by atoms with Crippen LogP contribution in [-0.2, 0) is 6.54 Å². The fraction of sp³-hybridized carbons (Fsp3) is 0.375. The van der Waals surface area contributed by atoms with Gasteiger partial charge in [0.1, 0.15) is 5.01 Å². The summed E-state index contributed by atoms with van der Waals surface area (Å²) >= 11 is 1.66. The molecule has 1 aromatic carbocycles. The molecule has 8 heteroatoms. The van der Waals surface area contributed by atoms with Crippen molar-refractivity contribution in [2.75, 3.05) is 26.2 Å². The Morgan fingerprint density at radius 2 is 1.92 bits per heavy atom. The maximum Gasteiger partial charge on any atom is 0.269 e. The Balaban J connectivity index is 1.55. The number of rotatable bonds is 4. The fourth-order valence-electron chi connectivity index (χ4n) is 2.68. The predicted molar refractivity (Wildman–Crippen MR) is 91.1 cm³/mol. The van der Waals surface area contributed by atoms with Gasteiger partial charge in [-0.15, -0.1) is 11.3 Å². The molecule has 0 N–H and O–H groups in total. The highest BCUT2D eigenvalue weighted by Crippen LogP contribution is 2.16. The minimum absolute atomic E-state index is 0.00453. The average molecular weight is 346 g/mol. The van der Waals surface area contributed by atoms with Crippen LogP contribution in [0.3, 0.4) is 0 Å². The molecule has 1 aliphatic heterocycles. The van der Waals surface area contributed by atoms with E-state index in [1.165, 1.54) is 24.3 Å². The van der Waals surface area contributed by atoms with Crippen molar-refractivity contribution < 1.29 is 9.72 Å². The van der Waals surface area contributed by atoms with Crippen LogP contribution in [-0.4, -0.2) is 51.8 Å². The summed E-state index contributed by atoms with van der Waals surface area (Å²) in [4.78, 5) is 31.2. The van der Waals surface area contributed by atoms with Gasteiger partial charge in [-0.25, -0.2) is 4.98 Å². The number of non-ortho nitro benzene ring substituents is 1. The van der Waals surface area contributed by atoms with Gasteiger partial charge in [0.15, 0.2) is 0 Å². The Hall–Kier alpha value is -2.32. The normalized spacial score (nSPS) is 15.5. The molecule has 7 nitrogen and oxygen atoms in total. The molecule has 126 valence electrons. The first-order chi connectivity index (χ1) is 11.5. The third-order valence-corrected chi connectivity index (χ3v) is 4.96. The Kier molecular flexibility index (Phi) is 4.86. The quantitative estimate of drug-likeness (QED) is 0.627. The number of nitrogens with zero attached hydrogens (tertiary/aromatic N) is 4. The maximum absolute atomic E-state index is 12.5. The zero-order chi connectivity index (χ0) is 17.1. The van der Waals surface area contributed by atoms with Gasteiger partial charge >= 0.3 is 0 Å². The van der Waals surface area contributed by atoms with Gasteiger partial charge in [0.05, 0.1) is 11.5 Å². The molecule has 1 aliphatic rings. The van der Waals surface area contributed by atoms with E-state index in [9.17, 15) is 14.9 Å². The summed E-state index contributed by atoms with van der Waals surface area (Å²) in [6.45, 7) is 5.72. The van der Waals surface area contributed by atoms with E-state index in [2.05, 4.69) is 9.88 Å². The van der Waals surface area contributed by atoms with Crippen LogP contribution < -0.4 is 0 Å². The molecule has 3 rings (SSSR count). The fourth-order valence-corrected chi connectivity index (χ4v) is 3.50. The molecule has 2 aromatic rings. The number of carbonyl (C=O) groups excluding carboxylic acids is 1. The van der Waals surface area contributed by atoms with Crippen molar-refractivity contribution in [3.8, 4) is 0 Å². The molecule has 0 spiro atoms. The lowest BCUT2D eigenvalue weighted by atomic mass is 10.1. The second kappa shape index (κ2) is 7.06. The molecular formula is C16H18N4O3S. The first-order valence-corrected chi connectivity index (χ1v) is 8.58. The molecule has 24 heavy (non-hydrogen) atoms. The van der Waals surface area contributed by atoms with Gasteiger partial charge in [0, 0.05) is 54.9 Å². The van der Waals surface area contributed by atoms with Crippen LogP contribution in [0.5, 0.6) is 0 Å². The molecule has 2 heterocycles. The van der Waals surface area contributed by atoms with Gasteiger partial charge in [0.2, 0.25) is 0 Å². The Morgan fingerprint density at radius 3 is 2.46 bits per heavy atom. The molecule has 0 saturated carbocycles. The van der Waals surface area contributed by atoms with E-state index in [1.807, 2.05) is 12.3 Å². The molecule has 0 bridgehead atoms. The maximum atomic E-state index is 12.5. The molecule has 0 unspecified atom stereocenters. The summed E-state index contributed by atoms with van der Waals surface area (Å²) in [6.07, 6.45) is 0. The highest BCUT2D eigenvalue weighted by atomic mass is 32.1. The summed E-state index contributed by atoms with van der Waals surface area (Å²) in [6, 6.07) is 5.78.